The Hall–Kier alpha value is -2.32. The topological polar surface area (TPSA) is 83.6 Å². The quantitative estimate of drug-likeness (QED) is 0.806. The standard InChI is InChI=1S/C21H22N2O4S2/c24-20(22-16-11-14-29(26,27)19-8-4-1-5-15(16)19)9-10-21(25)23-12-13-28-18-7-3-2-6-17(18)23/h1-8,16H,9-14H2,(H,22,24). The van der Waals surface area contributed by atoms with Crippen LogP contribution < -0.4 is 10.2 Å². The Morgan fingerprint density at radius 1 is 1.07 bits per heavy atom. The van der Waals surface area contributed by atoms with Gasteiger partial charge in [-0.05, 0) is 30.2 Å². The molecule has 0 fully saturated rings. The van der Waals surface area contributed by atoms with Crippen molar-refractivity contribution in [1.29, 1.82) is 0 Å². The predicted octanol–water partition coefficient (Wildman–Crippen LogP) is 2.94. The number of carbonyl (C=O) groups is 2. The summed E-state index contributed by atoms with van der Waals surface area (Å²) in [7, 11) is -3.29. The monoisotopic (exact) mass is 430 g/mol. The van der Waals surface area contributed by atoms with E-state index in [0.29, 0.717) is 18.5 Å². The van der Waals surface area contributed by atoms with Crippen molar-refractivity contribution in [3.05, 3.63) is 54.1 Å². The van der Waals surface area contributed by atoms with Crippen LogP contribution in [0.15, 0.2) is 58.3 Å². The molecule has 0 bridgehead atoms. The van der Waals surface area contributed by atoms with Crippen molar-refractivity contribution in [3.8, 4) is 0 Å². The van der Waals surface area contributed by atoms with Gasteiger partial charge in [0.15, 0.2) is 9.84 Å². The van der Waals surface area contributed by atoms with Gasteiger partial charge in [-0.3, -0.25) is 9.59 Å². The van der Waals surface area contributed by atoms with Crippen molar-refractivity contribution in [2.75, 3.05) is 23.0 Å². The van der Waals surface area contributed by atoms with E-state index in [0.717, 1.165) is 16.3 Å². The first kappa shape index (κ1) is 20.0. The number of hydrogen-bond donors (Lipinski definition) is 1. The number of nitrogens with zero attached hydrogens (tertiary/aromatic N) is 1. The number of carbonyl (C=O) groups excluding carboxylic acids is 2. The highest BCUT2D eigenvalue weighted by Crippen LogP contribution is 2.35. The molecule has 2 aromatic rings. The van der Waals surface area contributed by atoms with Gasteiger partial charge in [0, 0.05) is 30.0 Å². The Morgan fingerprint density at radius 2 is 1.83 bits per heavy atom. The molecule has 6 nitrogen and oxygen atoms in total. The molecule has 2 amide bonds. The van der Waals surface area contributed by atoms with E-state index in [2.05, 4.69) is 5.32 Å². The van der Waals surface area contributed by atoms with Crippen LogP contribution in [0.5, 0.6) is 0 Å². The maximum Gasteiger partial charge on any atom is 0.227 e. The van der Waals surface area contributed by atoms with E-state index >= 15 is 0 Å². The minimum Gasteiger partial charge on any atom is -0.349 e. The number of anilines is 1. The number of nitrogens with one attached hydrogen (secondary N) is 1. The smallest absolute Gasteiger partial charge is 0.227 e. The van der Waals surface area contributed by atoms with Crippen LogP contribution in [0, 0.1) is 0 Å². The summed E-state index contributed by atoms with van der Waals surface area (Å²) in [4.78, 5) is 28.3. The van der Waals surface area contributed by atoms with Gasteiger partial charge >= 0.3 is 0 Å². The highest BCUT2D eigenvalue weighted by molar-refractivity contribution is 7.99. The van der Waals surface area contributed by atoms with Gasteiger partial charge < -0.3 is 10.2 Å². The second-order valence-corrected chi connectivity index (χ2v) is 10.3. The summed E-state index contributed by atoms with van der Waals surface area (Å²) in [5.41, 5.74) is 1.53. The van der Waals surface area contributed by atoms with Gasteiger partial charge in [-0.15, -0.1) is 11.8 Å². The third kappa shape index (κ3) is 4.18. The Morgan fingerprint density at radius 3 is 2.69 bits per heavy atom. The number of benzene rings is 2. The molecule has 8 heteroatoms. The van der Waals surface area contributed by atoms with E-state index in [-0.39, 0.29) is 41.3 Å². The number of thioether (sulfide) groups is 1. The summed E-state index contributed by atoms with van der Waals surface area (Å²) >= 11 is 1.73. The summed E-state index contributed by atoms with van der Waals surface area (Å²) in [6.07, 6.45) is 0.545. The lowest BCUT2D eigenvalue weighted by Gasteiger charge is -2.29. The molecular weight excluding hydrogens is 408 g/mol. The van der Waals surface area contributed by atoms with Crippen LogP contribution in [-0.4, -0.2) is 38.3 Å². The molecule has 1 N–H and O–H groups in total. The van der Waals surface area contributed by atoms with Crippen molar-refractivity contribution in [2.24, 2.45) is 0 Å². The minimum atomic E-state index is -3.29. The molecular formula is C21H22N2O4S2. The lowest BCUT2D eigenvalue weighted by atomic mass is 10.0. The van der Waals surface area contributed by atoms with Crippen molar-refractivity contribution in [3.63, 3.8) is 0 Å². The average Bonchev–Trinajstić information content (AvgIpc) is 2.74. The van der Waals surface area contributed by atoms with Gasteiger partial charge in [0.25, 0.3) is 0 Å². The molecule has 0 saturated carbocycles. The zero-order valence-corrected chi connectivity index (χ0v) is 17.5. The Bertz CT molecular complexity index is 1050. The van der Waals surface area contributed by atoms with Crippen LogP contribution in [-0.2, 0) is 19.4 Å². The molecule has 0 spiro atoms. The Kier molecular flexibility index (Phi) is 5.65. The molecule has 29 heavy (non-hydrogen) atoms. The normalized spacial score (nSPS) is 19.7. The lowest BCUT2D eigenvalue weighted by Crippen LogP contribution is -2.37. The lowest BCUT2D eigenvalue weighted by molar-refractivity contribution is -0.125. The summed E-state index contributed by atoms with van der Waals surface area (Å²) in [6.45, 7) is 0.635. The fraction of sp³-hybridized carbons (Fsp3) is 0.333. The minimum absolute atomic E-state index is 0.0100. The van der Waals surface area contributed by atoms with Crippen LogP contribution >= 0.6 is 11.8 Å². The molecule has 2 heterocycles. The van der Waals surface area contributed by atoms with Gasteiger partial charge in [-0.25, -0.2) is 8.42 Å². The largest absolute Gasteiger partial charge is 0.349 e. The molecule has 2 aliphatic heterocycles. The second-order valence-electron chi connectivity index (χ2n) is 7.13. The van der Waals surface area contributed by atoms with Crippen molar-refractivity contribution in [1.82, 2.24) is 5.32 Å². The summed E-state index contributed by atoms with van der Waals surface area (Å²) < 4.78 is 24.5. The number of fused-ring (bicyclic) bond motifs is 2. The van der Waals surface area contributed by atoms with E-state index in [9.17, 15) is 18.0 Å². The number of hydrogen-bond acceptors (Lipinski definition) is 5. The molecule has 2 aromatic carbocycles. The summed E-state index contributed by atoms with van der Waals surface area (Å²) in [5, 5.41) is 2.91. The third-order valence-corrected chi connectivity index (χ3v) is 8.09. The first-order chi connectivity index (χ1) is 14.0. The highest BCUT2D eigenvalue weighted by atomic mass is 32.2. The van der Waals surface area contributed by atoms with Gasteiger partial charge in [0.2, 0.25) is 11.8 Å². The molecule has 0 aromatic heterocycles. The highest BCUT2D eigenvalue weighted by Gasteiger charge is 2.31. The van der Waals surface area contributed by atoms with Gasteiger partial charge in [-0.2, -0.15) is 0 Å². The molecule has 1 unspecified atom stereocenters. The molecule has 2 aliphatic rings. The van der Waals surface area contributed by atoms with Crippen molar-refractivity contribution < 1.29 is 18.0 Å². The maximum atomic E-state index is 12.7. The molecule has 0 aliphatic carbocycles. The third-order valence-electron chi connectivity index (χ3n) is 5.24. The molecule has 152 valence electrons. The van der Waals surface area contributed by atoms with Crippen LogP contribution in [0.3, 0.4) is 0 Å². The summed E-state index contributed by atoms with van der Waals surface area (Å²) in [5.74, 6) is 0.537. The Labute approximate surface area is 174 Å². The van der Waals surface area contributed by atoms with E-state index in [1.807, 2.05) is 24.3 Å². The molecule has 0 radical (unpaired) electrons. The van der Waals surface area contributed by atoms with Gasteiger partial charge in [0.05, 0.1) is 22.4 Å². The van der Waals surface area contributed by atoms with Crippen molar-refractivity contribution >= 4 is 39.1 Å². The first-order valence-corrected chi connectivity index (χ1v) is 12.2. The Balaban J connectivity index is 1.38. The zero-order chi connectivity index (χ0) is 20.4. The SMILES string of the molecule is O=C(CCC(=O)N1CCSc2ccccc21)NC1CCS(=O)(=O)c2ccccc21. The number of para-hydroxylation sites is 1. The van der Waals surface area contributed by atoms with Crippen LogP contribution in [0.1, 0.15) is 30.9 Å². The number of sulfone groups is 1. The van der Waals surface area contributed by atoms with E-state index < -0.39 is 9.84 Å². The van der Waals surface area contributed by atoms with E-state index in [1.54, 1.807) is 40.9 Å². The van der Waals surface area contributed by atoms with Crippen molar-refractivity contribution in [2.45, 2.75) is 35.1 Å². The molecule has 0 saturated heterocycles. The predicted molar refractivity (Wildman–Crippen MR) is 113 cm³/mol. The maximum absolute atomic E-state index is 12.7. The van der Waals surface area contributed by atoms with Gasteiger partial charge in [0.1, 0.15) is 0 Å². The fourth-order valence-corrected chi connectivity index (χ4v) is 6.41. The van der Waals surface area contributed by atoms with Crippen LogP contribution in [0.25, 0.3) is 0 Å². The molecule has 1 atom stereocenters. The average molecular weight is 431 g/mol. The number of amides is 2. The first-order valence-electron chi connectivity index (χ1n) is 9.59. The van der Waals surface area contributed by atoms with E-state index in [4.69, 9.17) is 0 Å². The fourth-order valence-electron chi connectivity index (χ4n) is 3.79. The van der Waals surface area contributed by atoms with Gasteiger partial charge in [-0.1, -0.05) is 30.3 Å². The number of rotatable bonds is 4. The second kappa shape index (κ2) is 8.20. The summed E-state index contributed by atoms with van der Waals surface area (Å²) in [6, 6.07) is 14.2. The van der Waals surface area contributed by atoms with Crippen LogP contribution in [0.4, 0.5) is 5.69 Å². The van der Waals surface area contributed by atoms with E-state index in [1.165, 1.54) is 0 Å². The molecule has 4 rings (SSSR count). The zero-order valence-electron chi connectivity index (χ0n) is 15.8. The van der Waals surface area contributed by atoms with Crippen LogP contribution in [0.2, 0.25) is 0 Å².